The number of aryl methyl sites for hydroxylation is 2. The molecule has 0 aromatic heterocycles. The number of aliphatic imine (C=N–C) groups is 1. The Kier molecular flexibility index (Phi) is 16.1. The van der Waals surface area contributed by atoms with Crippen LogP contribution in [0.5, 0.6) is 0 Å². The number of alkyl halides is 6. The Morgan fingerprint density at radius 3 is 1.65 bits per heavy atom. The summed E-state index contributed by atoms with van der Waals surface area (Å²) in [6.07, 6.45) is -9.22. The molecule has 2 spiro atoms. The van der Waals surface area contributed by atoms with Crippen molar-refractivity contribution in [1.82, 2.24) is 5.32 Å². The van der Waals surface area contributed by atoms with Gasteiger partial charge in [-0.3, -0.25) is 0 Å². The molecule has 0 radical (unpaired) electrons. The summed E-state index contributed by atoms with van der Waals surface area (Å²) in [7, 11) is 0. The molecule has 0 atom stereocenters. The number of carbonyl (C=O) groups is 3. The number of aliphatic hydroxyl groups is 1. The molecular weight excluding hydrogens is 981 g/mol. The molecule has 10 nitrogen and oxygen atoms in total. The van der Waals surface area contributed by atoms with E-state index in [0.29, 0.717) is 17.7 Å². The molecule has 2 N–H and O–H groups in total. The quantitative estimate of drug-likeness (QED) is 0.0992. The summed E-state index contributed by atoms with van der Waals surface area (Å²) in [5, 5.41) is 13.6. The second-order valence-electron chi connectivity index (χ2n) is 14.5. The topological polar surface area (TPSA) is 141 Å². The van der Waals surface area contributed by atoms with E-state index in [1.54, 1.807) is 52.0 Å². The highest BCUT2D eigenvalue weighted by atomic mass is 79.9. The minimum absolute atomic E-state index is 0.0349. The zero-order valence-electron chi connectivity index (χ0n) is 32.6. The van der Waals surface area contributed by atoms with Gasteiger partial charge in [-0.2, -0.15) is 26.3 Å². The molecule has 0 bridgehead atoms. The molecular formula is C40H40Br2Cl2F6N2O8. The number of esters is 2. The van der Waals surface area contributed by atoms with Crippen molar-refractivity contribution in [3.63, 3.8) is 0 Å². The zero-order chi connectivity index (χ0) is 45.0. The van der Waals surface area contributed by atoms with E-state index in [4.69, 9.17) is 42.2 Å². The normalized spacial score (nSPS) is 23.9. The van der Waals surface area contributed by atoms with Gasteiger partial charge in [-0.15, -0.1) is 0 Å². The summed E-state index contributed by atoms with van der Waals surface area (Å²) in [6, 6.07) is 6.48. The van der Waals surface area contributed by atoms with Gasteiger partial charge in [0.05, 0.1) is 11.8 Å². The van der Waals surface area contributed by atoms with Crippen LogP contribution < -0.4 is 5.32 Å². The molecule has 0 saturated heterocycles. The van der Waals surface area contributed by atoms with Gasteiger partial charge in [-0.25, -0.2) is 24.2 Å². The number of alkyl carbamates (subject to hydrolysis) is 1. The van der Waals surface area contributed by atoms with Gasteiger partial charge in [0.15, 0.2) is 22.7 Å². The highest BCUT2D eigenvalue weighted by Crippen LogP contribution is 2.53. The molecule has 6 rings (SSSR count). The van der Waals surface area contributed by atoms with Gasteiger partial charge in [0.25, 0.3) is 0 Å². The largest absolute Gasteiger partial charge is 0.507 e. The Bertz CT molecular complexity index is 2110. The van der Waals surface area contributed by atoms with Crippen molar-refractivity contribution in [1.29, 1.82) is 0 Å². The van der Waals surface area contributed by atoms with Gasteiger partial charge in [0, 0.05) is 43.2 Å². The molecule has 60 heavy (non-hydrogen) atoms. The van der Waals surface area contributed by atoms with Crippen LogP contribution in [0.2, 0.25) is 10.0 Å². The molecule has 2 fully saturated rings. The fourth-order valence-corrected chi connectivity index (χ4v) is 8.80. The number of rotatable bonds is 5. The maximum atomic E-state index is 13.1. The van der Waals surface area contributed by atoms with Crippen molar-refractivity contribution < 1.29 is 64.8 Å². The van der Waals surface area contributed by atoms with Crippen LogP contribution in [-0.4, -0.2) is 65.9 Å². The van der Waals surface area contributed by atoms with Crippen LogP contribution >= 0.6 is 55.1 Å². The van der Waals surface area contributed by atoms with Crippen molar-refractivity contribution in [2.75, 3.05) is 13.1 Å². The van der Waals surface area contributed by atoms with E-state index >= 15 is 0 Å². The maximum Gasteiger partial charge on any atom is 0.412 e. The monoisotopic (exact) mass is 1020 g/mol. The average Bonchev–Trinajstić information content (AvgIpc) is 3.54. The lowest BCUT2D eigenvalue weighted by atomic mass is 9.77. The molecule has 1 amide bonds. The summed E-state index contributed by atoms with van der Waals surface area (Å²) >= 11 is 19.2. The van der Waals surface area contributed by atoms with E-state index in [2.05, 4.69) is 42.2 Å². The molecule has 2 aliphatic heterocycles. The van der Waals surface area contributed by atoms with Crippen LogP contribution in [-0.2, 0) is 28.6 Å². The number of amides is 1. The summed E-state index contributed by atoms with van der Waals surface area (Å²) in [5.74, 6) is -4.86. The number of nitrogens with zero attached hydrogens (tertiary/aromatic N) is 1. The number of hydrogen-bond donors (Lipinski definition) is 2. The van der Waals surface area contributed by atoms with Gasteiger partial charge in [-0.05, 0) is 114 Å². The van der Waals surface area contributed by atoms with Gasteiger partial charge in [0.2, 0.25) is 6.08 Å². The molecule has 20 heteroatoms. The van der Waals surface area contributed by atoms with Crippen LogP contribution in [0.1, 0.15) is 87.5 Å². The highest BCUT2D eigenvalue weighted by Gasteiger charge is 2.56. The Balaban J connectivity index is 0.000000241. The van der Waals surface area contributed by atoms with Gasteiger partial charge < -0.3 is 24.6 Å². The lowest BCUT2D eigenvalue weighted by Crippen LogP contribution is -2.42. The maximum absolute atomic E-state index is 13.1. The Morgan fingerprint density at radius 1 is 0.833 bits per heavy atom. The van der Waals surface area contributed by atoms with Crippen LogP contribution in [0.4, 0.5) is 31.1 Å². The molecule has 2 aromatic rings. The number of aliphatic hydroxyl groups excluding tert-OH is 1. The minimum atomic E-state index is -4.33. The molecule has 4 aliphatic rings. The standard InChI is InChI=1S/C20H20BrClF3NO4.C17H15BrClF3O3.C3H5NO/c1-3-26-18(28)29-16-15(12-8-10(2)13(21)9-14(12)22)17(27)30-19(16)6-4-11(5-7-19)20(23,24)25;1-8-6-10(12(19)7-11(8)18)13-14(23)16(25-15(13)24)4-2-9(3-5-16)17(20,21)22;1-2-4-3-5/h8-9,11H,3-7H2,1-2H3,(H,26,28);6-7,9,23H,2-5H2,1H3;2H2,1H3. The lowest BCUT2D eigenvalue weighted by Gasteiger charge is -2.37. The molecule has 328 valence electrons. The summed E-state index contributed by atoms with van der Waals surface area (Å²) < 4.78 is 95.9. The van der Waals surface area contributed by atoms with E-state index in [9.17, 15) is 45.8 Å². The fourth-order valence-electron chi connectivity index (χ4n) is 7.34. The Labute approximate surface area is 368 Å². The van der Waals surface area contributed by atoms with E-state index in [1.807, 2.05) is 0 Å². The summed E-state index contributed by atoms with van der Waals surface area (Å²) in [6.45, 7) is 7.88. The van der Waals surface area contributed by atoms with Crippen molar-refractivity contribution in [2.24, 2.45) is 16.8 Å². The zero-order valence-corrected chi connectivity index (χ0v) is 37.3. The molecule has 2 aliphatic carbocycles. The van der Waals surface area contributed by atoms with E-state index in [1.165, 1.54) is 6.08 Å². The lowest BCUT2D eigenvalue weighted by molar-refractivity contribution is -0.195. The Hall–Kier alpha value is -3.57. The van der Waals surface area contributed by atoms with Crippen molar-refractivity contribution in [3.05, 3.63) is 77.0 Å². The first kappa shape index (κ1) is 49.1. The first-order valence-corrected chi connectivity index (χ1v) is 21.0. The fraction of sp³-hybridized carbons (Fsp3) is 0.500. The smallest absolute Gasteiger partial charge is 0.412 e. The van der Waals surface area contributed by atoms with Crippen molar-refractivity contribution in [2.45, 2.75) is 103 Å². The first-order chi connectivity index (χ1) is 27.9. The summed E-state index contributed by atoms with van der Waals surface area (Å²) in [4.78, 5) is 49.7. The highest BCUT2D eigenvalue weighted by molar-refractivity contribution is 9.10. The van der Waals surface area contributed by atoms with E-state index in [-0.39, 0.29) is 90.6 Å². The summed E-state index contributed by atoms with van der Waals surface area (Å²) in [5.41, 5.74) is -0.709. The molecule has 2 aromatic carbocycles. The average molecular weight is 1020 g/mol. The number of ether oxygens (including phenoxy) is 3. The first-order valence-electron chi connectivity index (χ1n) is 18.6. The predicted octanol–water partition coefficient (Wildman–Crippen LogP) is 12.0. The van der Waals surface area contributed by atoms with Gasteiger partial charge in [-0.1, -0.05) is 55.1 Å². The van der Waals surface area contributed by atoms with Gasteiger partial charge in [0.1, 0.15) is 11.1 Å². The SMILES string of the molecule is CCN=C=O.CCNC(=O)OC1=C(c2cc(C)c(Br)cc2Cl)C(=O)OC12CCC(C(F)(F)F)CC2.Cc1cc(C2=C(O)C3(CCC(C(F)(F)F)CC3)OC2=O)c(Cl)cc1Br. The predicted molar refractivity (Wildman–Crippen MR) is 217 cm³/mol. The minimum Gasteiger partial charge on any atom is -0.507 e. The van der Waals surface area contributed by atoms with E-state index in [0.717, 1.165) is 20.1 Å². The Morgan fingerprint density at radius 2 is 1.25 bits per heavy atom. The number of hydrogen-bond acceptors (Lipinski definition) is 9. The van der Waals surface area contributed by atoms with Gasteiger partial charge >= 0.3 is 30.4 Å². The molecule has 0 unspecified atom stereocenters. The number of nitrogens with one attached hydrogen (secondary N) is 1. The van der Waals surface area contributed by atoms with E-state index < -0.39 is 53.4 Å². The number of benzene rings is 2. The van der Waals surface area contributed by atoms with Crippen LogP contribution in [0.3, 0.4) is 0 Å². The number of carbonyl (C=O) groups excluding carboxylic acids is 4. The third kappa shape index (κ3) is 10.9. The van der Waals surface area contributed by atoms with Crippen LogP contribution in [0, 0.1) is 25.7 Å². The van der Waals surface area contributed by atoms with Crippen molar-refractivity contribution >= 4 is 90.3 Å². The van der Waals surface area contributed by atoms with Crippen LogP contribution in [0.15, 0.2) is 49.7 Å². The second kappa shape index (κ2) is 19.6. The third-order valence-electron chi connectivity index (χ3n) is 10.6. The second-order valence-corrected chi connectivity index (χ2v) is 17.0. The number of isocyanates is 1. The molecule has 2 saturated carbocycles. The third-order valence-corrected chi connectivity index (χ3v) is 12.9. The van der Waals surface area contributed by atoms with Crippen LogP contribution in [0.25, 0.3) is 11.1 Å². The number of halogens is 10. The molecule has 2 heterocycles. The van der Waals surface area contributed by atoms with Crippen molar-refractivity contribution in [3.8, 4) is 0 Å².